The number of aliphatic hydroxyl groups is 1. The first-order valence-corrected chi connectivity index (χ1v) is 10.5. The van der Waals surface area contributed by atoms with Crippen molar-refractivity contribution in [3.63, 3.8) is 0 Å². The van der Waals surface area contributed by atoms with Crippen molar-refractivity contribution in [2.75, 3.05) is 19.8 Å². The number of aliphatic hydroxyl groups excluding tert-OH is 1. The van der Waals surface area contributed by atoms with E-state index in [1.54, 1.807) is 13.8 Å². The van der Waals surface area contributed by atoms with Gasteiger partial charge in [-0.15, -0.1) is 0 Å². The van der Waals surface area contributed by atoms with Gasteiger partial charge in [-0.1, -0.05) is 0 Å². The molecule has 0 spiro atoms. The minimum atomic E-state index is -4.29. The average molecular weight is 484 g/mol. The first-order chi connectivity index (χ1) is 16.1. The number of nitrogens with zero attached hydrogens (tertiary/aromatic N) is 3. The molecular formula is C22H24F4N4O4. The number of alkyl halides is 4. The quantitative estimate of drug-likeness (QED) is 0.397. The first kappa shape index (κ1) is 25.3. The summed E-state index contributed by atoms with van der Waals surface area (Å²) in [5, 5.41) is 11.5. The van der Waals surface area contributed by atoms with Gasteiger partial charge in [-0.05, 0) is 38.0 Å². The largest absolute Gasteiger partial charge is 0.485 e. The lowest BCUT2D eigenvalue weighted by atomic mass is 10.1. The van der Waals surface area contributed by atoms with Crippen LogP contribution in [0.25, 0.3) is 0 Å². The molecule has 0 bridgehead atoms. The summed E-state index contributed by atoms with van der Waals surface area (Å²) in [4.78, 5) is 35.2. The standard InChI is InChI=1S/C22H24F4N4O4/c1-12-8-16(29-9-17(12)34-11-22(25,26)21(23)24)13(2)30-10-15-14(20(30)33)4-6-27-18(15)19(32)28-5-3-7-31/h4,6,8-9,13,21,31H,3,5,7,10-11H2,1-2H3,(H,28,32). The molecule has 1 atom stereocenters. The van der Waals surface area contributed by atoms with E-state index in [0.29, 0.717) is 28.8 Å². The molecule has 1 unspecified atom stereocenters. The number of fused-ring (bicyclic) bond motifs is 1. The fourth-order valence-electron chi connectivity index (χ4n) is 3.46. The minimum absolute atomic E-state index is 0.0710. The average Bonchev–Trinajstić information content (AvgIpc) is 3.14. The van der Waals surface area contributed by atoms with Gasteiger partial charge in [-0.2, -0.15) is 8.78 Å². The molecule has 184 valence electrons. The van der Waals surface area contributed by atoms with Gasteiger partial charge in [0.15, 0.2) is 6.61 Å². The number of nitrogens with one attached hydrogen (secondary N) is 1. The topological polar surface area (TPSA) is 105 Å². The third-order valence-electron chi connectivity index (χ3n) is 5.43. The van der Waals surface area contributed by atoms with Crippen LogP contribution in [0.2, 0.25) is 0 Å². The molecule has 34 heavy (non-hydrogen) atoms. The van der Waals surface area contributed by atoms with Gasteiger partial charge in [-0.3, -0.25) is 19.6 Å². The van der Waals surface area contributed by atoms with Crippen molar-refractivity contribution in [2.45, 2.75) is 45.2 Å². The summed E-state index contributed by atoms with van der Waals surface area (Å²) in [6.45, 7) is 2.06. The molecule has 12 heteroatoms. The Labute approximate surface area is 193 Å². The number of halogens is 4. The Morgan fingerprint density at radius 2 is 2.09 bits per heavy atom. The van der Waals surface area contributed by atoms with E-state index in [-0.39, 0.29) is 37.0 Å². The second kappa shape index (κ2) is 10.3. The Morgan fingerprint density at radius 3 is 2.74 bits per heavy atom. The van der Waals surface area contributed by atoms with Crippen LogP contribution in [0.15, 0.2) is 24.5 Å². The van der Waals surface area contributed by atoms with E-state index in [9.17, 15) is 27.2 Å². The van der Waals surface area contributed by atoms with Crippen molar-refractivity contribution in [1.29, 1.82) is 0 Å². The van der Waals surface area contributed by atoms with E-state index >= 15 is 0 Å². The van der Waals surface area contributed by atoms with Gasteiger partial charge in [0.1, 0.15) is 11.4 Å². The second-order valence-corrected chi connectivity index (χ2v) is 7.85. The third-order valence-corrected chi connectivity index (χ3v) is 5.43. The summed E-state index contributed by atoms with van der Waals surface area (Å²) in [6, 6.07) is 2.49. The molecule has 0 fully saturated rings. The molecule has 8 nitrogen and oxygen atoms in total. The van der Waals surface area contributed by atoms with Gasteiger partial charge >= 0.3 is 12.3 Å². The van der Waals surface area contributed by atoms with E-state index in [1.165, 1.54) is 23.2 Å². The summed E-state index contributed by atoms with van der Waals surface area (Å²) >= 11 is 0. The molecule has 2 aromatic heterocycles. The number of ether oxygens (including phenoxy) is 1. The van der Waals surface area contributed by atoms with Crippen LogP contribution in [-0.4, -0.2) is 63.9 Å². The van der Waals surface area contributed by atoms with Gasteiger partial charge in [0.25, 0.3) is 11.8 Å². The number of pyridine rings is 2. The van der Waals surface area contributed by atoms with E-state index in [2.05, 4.69) is 15.3 Å². The lowest BCUT2D eigenvalue weighted by Gasteiger charge is -2.24. The number of rotatable bonds is 10. The summed E-state index contributed by atoms with van der Waals surface area (Å²) < 4.78 is 55.8. The molecular weight excluding hydrogens is 460 g/mol. The molecule has 0 saturated carbocycles. The van der Waals surface area contributed by atoms with Crippen LogP contribution < -0.4 is 10.1 Å². The van der Waals surface area contributed by atoms with Crippen molar-refractivity contribution in [1.82, 2.24) is 20.2 Å². The number of carbonyl (C=O) groups is 2. The molecule has 0 aliphatic carbocycles. The van der Waals surface area contributed by atoms with Gasteiger partial charge in [0, 0.05) is 37.0 Å². The molecule has 2 amide bonds. The minimum Gasteiger partial charge on any atom is -0.485 e. The van der Waals surface area contributed by atoms with Gasteiger partial charge in [-0.25, -0.2) is 8.78 Å². The maximum atomic E-state index is 13.1. The zero-order chi connectivity index (χ0) is 25.0. The van der Waals surface area contributed by atoms with E-state index in [0.717, 1.165) is 6.20 Å². The highest BCUT2D eigenvalue weighted by atomic mass is 19.3. The van der Waals surface area contributed by atoms with Crippen LogP contribution in [0, 0.1) is 6.92 Å². The summed E-state index contributed by atoms with van der Waals surface area (Å²) in [5.74, 6) is -5.14. The predicted molar refractivity (Wildman–Crippen MR) is 112 cm³/mol. The van der Waals surface area contributed by atoms with Crippen LogP contribution in [0.4, 0.5) is 17.6 Å². The fourth-order valence-corrected chi connectivity index (χ4v) is 3.46. The monoisotopic (exact) mass is 484 g/mol. The van der Waals surface area contributed by atoms with Crippen LogP contribution in [0.3, 0.4) is 0 Å². The van der Waals surface area contributed by atoms with Crippen molar-refractivity contribution < 1.29 is 37.0 Å². The molecule has 0 saturated heterocycles. The van der Waals surface area contributed by atoms with Crippen LogP contribution >= 0.6 is 0 Å². The summed E-state index contributed by atoms with van der Waals surface area (Å²) in [7, 11) is 0. The van der Waals surface area contributed by atoms with E-state index in [4.69, 9.17) is 9.84 Å². The number of carbonyl (C=O) groups excluding carboxylic acids is 2. The Balaban J connectivity index is 1.75. The molecule has 2 aromatic rings. The van der Waals surface area contributed by atoms with Crippen molar-refractivity contribution in [2.24, 2.45) is 0 Å². The Bertz CT molecular complexity index is 1070. The highest BCUT2D eigenvalue weighted by molar-refractivity contribution is 6.03. The zero-order valence-corrected chi connectivity index (χ0v) is 18.5. The summed E-state index contributed by atoms with van der Waals surface area (Å²) in [6.07, 6.45) is -0.944. The van der Waals surface area contributed by atoms with Crippen molar-refractivity contribution in [3.8, 4) is 5.75 Å². The van der Waals surface area contributed by atoms with E-state index in [1.807, 2.05) is 0 Å². The lowest BCUT2D eigenvalue weighted by Crippen LogP contribution is -2.34. The van der Waals surface area contributed by atoms with E-state index < -0.39 is 30.9 Å². The molecule has 2 N–H and O–H groups in total. The predicted octanol–water partition coefficient (Wildman–Crippen LogP) is 2.89. The Kier molecular flexibility index (Phi) is 7.70. The molecule has 3 rings (SSSR count). The molecule has 3 heterocycles. The molecule has 1 aliphatic heterocycles. The van der Waals surface area contributed by atoms with Gasteiger partial charge in [0.2, 0.25) is 0 Å². The third kappa shape index (κ3) is 5.27. The van der Waals surface area contributed by atoms with Gasteiger partial charge in [0.05, 0.1) is 17.9 Å². The fraction of sp³-hybridized carbons (Fsp3) is 0.455. The van der Waals surface area contributed by atoms with Crippen molar-refractivity contribution >= 4 is 11.8 Å². The van der Waals surface area contributed by atoms with Crippen LogP contribution in [0.1, 0.15) is 57.1 Å². The van der Waals surface area contributed by atoms with Gasteiger partial charge < -0.3 is 20.1 Å². The first-order valence-electron chi connectivity index (χ1n) is 10.5. The summed E-state index contributed by atoms with van der Waals surface area (Å²) in [5.41, 5.74) is 1.73. The number of hydrogen-bond acceptors (Lipinski definition) is 6. The second-order valence-electron chi connectivity index (χ2n) is 7.85. The maximum Gasteiger partial charge on any atom is 0.340 e. The SMILES string of the molecule is Cc1cc(C(C)N2Cc3c(ccnc3C(=O)NCCCO)C2=O)ncc1OCC(F)(F)C(F)F. The molecule has 0 radical (unpaired) electrons. The molecule has 1 aliphatic rings. The van der Waals surface area contributed by atoms with Crippen molar-refractivity contribution in [3.05, 3.63) is 52.6 Å². The Morgan fingerprint density at radius 1 is 1.35 bits per heavy atom. The Hall–Kier alpha value is -3.28. The number of aryl methyl sites for hydroxylation is 1. The zero-order valence-electron chi connectivity index (χ0n) is 18.5. The number of aromatic nitrogens is 2. The molecule has 0 aromatic carbocycles. The number of amides is 2. The van der Waals surface area contributed by atoms with Crippen LogP contribution in [0.5, 0.6) is 5.75 Å². The smallest absolute Gasteiger partial charge is 0.340 e. The number of hydrogen-bond donors (Lipinski definition) is 2. The lowest BCUT2D eigenvalue weighted by molar-refractivity contribution is -0.148. The maximum absolute atomic E-state index is 13.1. The van der Waals surface area contributed by atoms with Crippen LogP contribution in [-0.2, 0) is 6.54 Å². The highest BCUT2D eigenvalue weighted by Gasteiger charge is 2.42. The highest BCUT2D eigenvalue weighted by Crippen LogP contribution is 2.33. The normalized spacial score (nSPS) is 14.4.